The largest absolute Gasteiger partial charge is 0.501 e. The summed E-state index contributed by atoms with van der Waals surface area (Å²) in [5.74, 6) is 0. The Morgan fingerprint density at radius 1 is 0.659 bits per heavy atom. The number of nitrogens with zero attached hydrogens (tertiary/aromatic N) is 2. The molecule has 4 aromatic carbocycles. The number of hydrogen-bond donors (Lipinski definition) is 0. The first-order valence-corrected chi connectivity index (χ1v) is 18.1. The van der Waals surface area contributed by atoms with Crippen molar-refractivity contribution in [1.82, 2.24) is 9.97 Å². The molecule has 1 radical (unpaired) electrons. The Kier molecular flexibility index (Phi) is 9.41. The van der Waals surface area contributed by atoms with Crippen molar-refractivity contribution in [3.8, 4) is 33.6 Å². The van der Waals surface area contributed by atoms with Crippen LogP contribution in [0.3, 0.4) is 0 Å². The second-order valence-electron chi connectivity index (χ2n) is 12.0. The van der Waals surface area contributed by atoms with Gasteiger partial charge < -0.3 is 14.4 Å². The van der Waals surface area contributed by atoms with Crippen LogP contribution in [-0.2, 0) is 20.1 Å². The quantitative estimate of drug-likeness (QED) is 0.132. The second-order valence-corrected chi connectivity index (χ2v) is 17.0. The number of rotatable bonds is 4. The van der Waals surface area contributed by atoms with Crippen LogP contribution in [0.1, 0.15) is 11.1 Å². The topological polar surface area (TPSA) is 38.9 Å². The van der Waals surface area contributed by atoms with Crippen molar-refractivity contribution in [3.05, 3.63) is 139 Å². The molecule has 44 heavy (non-hydrogen) atoms. The molecule has 7 aromatic rings. The first-order chi connectivity index (χ1) is 20.8. The van der Waals surface area contributed by atoms with Crippen LogP contribution in [0.5, 0.6) is 0 Å². The Hall–Kier alpha value is -4.15. The number of hydrogen-bond acceptors (Lipinski definition) is 3. The van der Waals surface area contributed by atoms with Crippen LogP contribution in [0.2, 0.25) is 19.6 Å². The first kappa shape index (κ1) is 31.3. The Morgan fingerprint density at radius 2 is 1.43 bits per heavy atom. The predicted molar refractivity (Wildman–Crippen MR) is 182 cm³/mol. The minimum absolute atomic E-state index is 0. The Labute approximate surface area is 274 Å². The van der Waals surface area contributed by atoms with Gasteiger partial charge in [-0.15, -0.1) is 53.6 Å². The summed E-state index contributed by atoms with van der Waals surface area (Å²) in [7, 11) is -1.24. The van der Waals surface area contributed by atoms with Gasteiger partial charge in [-0.3, -0.25) is 0 Å². The molecule has 0 aliphatic rings. The Balaban J connectivity index is 0.000000187. The molecule has 5 heteroatoms. The molecule has 0 atom stereocenters. The minimum atomic E-state index is -1.24. The molecule has 0 saturated carbocycles. The fourth-order valence-corrected chi connectivity index (χ4v) is 6.18. The van der Waals surface area contributed by atoms with E-state index in [4.69, 9.17) is 4.42 Å². The standard InChI is InChI=1S/C24H16NO.C15H18NSi.Ir/c1-16-12-13-25-22(14-16)21-9-5-8-20-19-11-10-18(15-23(19)26-24(20)21)17-6-3-2-4-7-17;1-12-6-5-7-13(10-12)15-9-8-14(11-16-15)17(2,3)4;/h2-8,10-15H,1H3;5-6,8-11H,1-4H3;/q2*-1;. The third-order valence-electron chi connectivity index (χ3n) is 7.57. The van der Waals surface area contributed by atoms with Gasteiger partial charge >= 0.3 is 0 Å². The second kappa shape index (κ2) is 13.2. The van der Waals surface area contributed by atoms with Gasteiger partial charge in [-0.2, -0.15) is 0 Å². The van der Waals surface area contributed by atoms with E-state index in [-0.39, 0.29) is 20.1 Å². The molecular formula is C39H34IrN2OSi-2. The number of benzene rings is 4. The van der Waals surface area contributed by atoms with Gasteiger partial charge in [0.1, 0.15) is 5.58 Å². The van der Waals surface area contributed by atoms with Crippen molar-refractivity contribution in [2.45, 2.75) is 33.5 Å². The van der Waals surface area contributed by atoms with Gasteiger partial charge in [-0.25, -0.2) is 0 Å². The van der Waals surface area contributed by atoms with Crippen molar-refractivity contribution in [2.24, 2.45) is 0 Å². The third kappa shape index (κ3) is 6.81. The van der Waals surface area contributed by atoms with Crippen LogP contribution in [0.4, 0.5) is 0 Å². The van der Waals surface area contributed by atoms with E-state index in [1.807, 2.05) is 36.7 Å². The third-order valence-corrected chi connectivity index (χ3v) is 9.60. The van der Waals surface area contributed by atoms with E-state index in [1.54, 1.807) is 0 Å². The molecule has 3 aromatic heterocycles. The van der Waals surface area contributed by atoms with Crippen LogP contribution < -0.4 is 5.19 Å². The summed E-state index contributed by atoms with van der Waals surface area (Å²) in [5.41, 5.74) is 10.3. The van der Waals surface area contributed by atoms with Crippen LogP contribution in [-0.4, -0.2) is 18.0 Å². The summed E-state index contributed by atoms with van der Waals surface area (Å²) < 4.78 is 6.27. The van der Waals surface area contributed by atoms with Gasteiger partial charge in [0.25, 0.3) is 0 Å². The number of aromatic nitrogens is 2. The maximum Gasteiger partial charge on any atom is 0.121 e. The molecule has 221 valence electrons. The van der Waals surface area contributed by atoms with E-state index in [2.05, 4.69) is 134 Å². The zero-order chi connectivity index (χ0) is 30.0. The van der Waals surface area contributed by atoms with E-state index in [0.29, 0.717) is 0 Å². The molecule has 0 spiro atoms. The van der Waals surface area contributed by atoms with Crippen LogP contribution in [0.15, 0.2) is 120 Å². The predicted octanol–water partition coefficient (Wildman–Crippen LogP) is 9.82. The molecule has 0 amide bonds. The van der Waals surface area contributed by atoms with Gasteiger partial charge in [0.2, 0.25) is 0 Å². The summed E-state index contributed by atoms with van der Waals surface area (Å²) in [5, 5.41) is 3.60. The molecule has 0 aliphatic carbocycles. The summed E-state index contributed by atoms with van der Waals surface area (Å²) in [6.07, 6.45) is 3.85. The average molecular weight is 767 g/mol. The summed E-state index contributed by atoms with van der Waals surface area (Å²) >= 11 is 0. The van der Waals surface area contributed by atoms with Crippen LogP contribution in [0, 0.1) is 26.0 Å². The van der Waals surface area contributed by atoms with E-state index < -0.39 is 8.07 Å². The molecular weight excluding hydrogens is 733 g/mol. The molecule has 0 fully saturated rings. The smallest absolute Gasteiger partial charge is 0.121 e. The van der Waals surface area contributed by atoms with E-state index in [9.17, 15) is 0 Å². The van der Waals surface area contributed by atoms with Gasteiger partial charge in [0, 0.05) is 37.9 Å². The first-order valence-electron chi connectivity index (χ1n) is 14.6. The Bertz CT molecular complexity index is 2030. The summed E-state index contributed by atoms with van der Waals surface area (Å²) in [6.45, 7) is 11.2. The van der Waals surface area contributed by atoms with E-state index in [0.717, 1.165) is 50.0 Å². The number of pyridine rings is 2. The molecule has 3 nitrogen and oxygen atoms in total. The van der Waals surface area contributed by atoms with Crippen molar-refractivity contribution < 1.29 is 24.5 Å². The maximum absolute atomic E-state index is 6.27. The van der Waals surface area contributed by atoms with E-state index >= 15 is 0 Å². The minimum Gasteiger partial charge on any atom is -0.501 e. The summed E-state index contributed by atoms with van der Waals surface area (Å²) in [6, 6.07) is 41.8. The van der Waals surface area contributed by atoms with Crippen molar-refractivity contribution in [2.75, 3.05) is 0 Å². The zero-order valence-electron chi connectivity index (χ0n) is 25.6. The van der Waals surface area contributed by atoms with Crippen molar-refractivity contribution >= 4 is 35.2 Å². The SMILES string of the molecule is Cc1cc[c-]c(-c2ccc([Si](C)(C)C)cn2)c1.Cc1ccnc(-c2[c-]ccc3c2oc2cc(-c4ccccc4)ccc23)c1.[Ir]. The maximum atomic E-state index is 6.27. The normalized spacial score (nSPS) is 11.1. The molecule has 0 aliphatic heterocycles. The van der Waals surface area contributed by atoms with Gasteiger partial charge in [-0.05, 0) is 46.8 Å². The van der Waals surface area contributed by atoms with Gasteiger partial charge in [0.05, 0.1) is 13.7 Å². The molecule has 0 bridgehead atoms. The molecule has 3 heterocycles. The molecule has 7 rings (SSSR count). The molecule has 0 N–H and O–H groups in total. The van der Waals surface area contributed by atoms with E-state index in [1.165, 1.54) is 21.9 Å². The Morgan fingerprint density at radius 3 is 2.14 bits per heavy atom. The van der Waals surface area contributed by atoms with Gasteiger partial charge in [0.15, 0.2) is 0 Å². The van der Waals surface area contributed by atoms with Crippen molar-refractivity contribution in [3.63, 3.8) is 0 Å². The monoisotopic (exact) mass is 767 g/mol. The fraction of sp³-hybridized carbons (Fsp3) is 0.128. The van der Waals surface area contributed by atoms with Crippen molar-refractivity contribution in [1.29, 1.82) is 0 Å². The van der Waals surface area contributed by atoms with Crippen LogP contribution in [0.25, 0.3) is 55.6 Å². The average Bonchev–Trinajstić information content (AvgIpc) is 3.40. The molecule has 0 saturated heterocycles. The number of fused-ring (bicyclic) bond motifs is 3. The number of aryl methyl sites for hydroxylation is 2. The number of furan rings is 1. The van der Waals surface area contributed by atoms with Gasteiger partial charge in [-0.1, -0.05) is 104 Å². The molecule has 0 unspecified atom stereocenters. The fourth-order valence-electron chi connectivity index (χ4n) is 5.14. The van der Waals surface area contributed by atoms with Crippen LogP contribution >= 0.6 is 0 Å². The zero-order valence-corrected chi connectivity index (χ0v) is 29.0. The summed E-state index contributed by atoms with van der Waals surface area (Å²) in [4.78, 5) is 9.06.